The number of methoxy groups -OCH3 is 1. The Bertz CT molecular complexity index is 428. The molecule has 1 N–H and O–H groups in total. The van der Waals surface area contributed by atoms with Crippen molar-refractivity contribution in [2.45, 2.75) is 50.4 Å². The number of hydrogen-bond donors (Lipinski definition) is 1. The Kier molecular flexibility index (Phi) is 5.30. The lowest BCUT2D eigenvalue weighted by atomic mass is 9.98. The number of piperidine rings is 1. The van der Waals surface area contributed by atoms with E-state index in [0.717, 1.165) is 24.4 Å². The molecule has 2 fully saturated rings. The van der Waals surface area contributed by atoms with Gasteiger partial charge in [-0.05, 0) is 38.8 Å². The van der Waals surface area contributed by atoms with Crippen LogP contribution in [0.2, 0.25) is 0 Å². The van der Waals surface area contributed by atoms with E-state index in [1.807, 2.05) is 6.07 Å². The summed E-state index contributed by atoms with van der Waals surface area (Å²) in [6, 6.07) is 10.6. The van der Waals surface area contributed by atoms with Crippen molar-refractivity contribution in [3.05, 3.63) is 29.8 Å². The molecule has 2 aliphatic heterocycles. The van der Waals surface area contributed by atoms with Gasteiger partial charge in [0.2, 0.25) is 0 Å². The standard InChI is InChI=1S/C16H24N2O.ClH/c1-18(11-12-5-3-4-6-16(12)19-2)15-9-13-7-8-14(10-15)17-13;/h3-6,13-15,17H,7-11H2,1-2H3;1H. The highest BCUT2D eigenvalue weighted by molar-refractivity contribution is 5.85. The molecule has 0 aromatic heterocycles. The zero-order valence-corrected chi connectivity index (χ0v) is 13.2. The molecule has 0 saturated carbocycles. The van der Waals surface area contributed by atoms with Gasteiger partial charge in [0.25, 0.3) is 0 Å². The predicted octanol–water partition coefficient (Wildman–Crippen LogP) is 2.83. The highest BCUT2D eigenvalue weighted by Gasteiger charge is 2.35. The maximum atomic E-state index is 5.45. The van der Waals surface area contributed by atoms with Crippen LogP contribution in [0, 0.1) is 0 Å². The summed E-state index contributed by atoms with van der Waals surface area (Å²) in [6.07, 6.45) is 5.32. The number of benzene rings is 1. The number of rotatable bonds is 4. The van der Waals surface area contributed by atoms with Crippen molar-refractivity contribution in [1.29, 1.82) is 0 Å². The summed E-state index contributed by atoms with van der Waals surface area (Å²) >= 11 is 0. The molecule has 0 spiro atoms. The molecule has 2 saturated heterocycles. The highest BCUT2D eigenvalue weighted by atomic mass is 35.5. The minimum atomic E-state index is 0. The molecule has 2 heterocycles. The lowest BCUT2D eigenvalue weighted by molar-refractivity contribution is 0.164. The van der Waals surface area contributed by atoms with Crippen LogP contribution in [0.1, 0.15) is 31.2 Å². The van der Waals surface area contributed by atoms with E-state index < -0.39 is 0 Å². The van der Waals surface area contributed by atoms with E-state index in [9.17, 15) is 0 Å². The summed E-state index contributed by atoms with van der Waals surface area (Å²) in [5, 5.41) is 3.71. The first-order valence-electron chi connectivity index (χ1n) is 7.34. The topological polar surface area (TPSA) is 24.5 Å². The van der Waals surface area contributed by atoms with Crippen LogP contribution in [-0.2, 0) is 6.54 Å². The van der Waals surface area contributed by atoms with Gasteiger partial charge in [0.05, 0.1) is 7.11 Å². The Labute approximate surface area is 128 Å². The molecular formula is C16H25ClN2O. The van der Waals surface area contributed by atoms with Gasteiger partial charge >= 0.3 is 0 Å². The fraction of sp³-hybridized carbons (Fsp3) is 0.625. The first-order chi connectivity index (χ1) is 9.26. The van der Waals surface area contributed by atoms with Gasteiger partial charge in [-0.25, -0.2) is 0 Å². The molecule has 1 aromatic carbocycles. The van der Waals surface area contributed by atoms with Crippen molar-refractivity contribution in [2.24, 2.45) is 0 Å². The quantitative estimate of drug-likeness (QED) is 0.925. The Hall–Kier alpha value is -0.770. The molecule has 20 heavy (non-hydrogen) atoms. The van der Waals surface area contributed by atoms with Crippen molar-refractivity contribution in [3.63, 3.8) is 0 Å². The van der Waals surface area contributed by atoms with E-state index in [-0.39, 0.29) is 12.4 Å². The van der Waals surface area contributed by atoms with Crippen LogP contribution in [0.15, 0.2) is 24.3 Å². The molecule has 2 aliphatic rings. The van der Waals surface area contributed by atoms with Gasteiger partial charge in [0.1, 0.15) is 5.75 Å². The summed E-state index contributed by atoms with van der Waals surface area (Å²) in [6.45, 7) is 0.980. The van der Waals surface area contributed by atoms with Crippen molar-refractivity contribution >= 4 is 12.4 Å². The third-order valence-corrected chi connectivity index (χ3v) is 4.68. The monoisotopic (exact) mass is 296 g/mol. The normalized spacial score (nSPS) is 28.2. The number of ether oxygens (including phenoxy) is 1. The molecule has 3 nitrogen and oxygen atoms in total. The molecule has 1 aromatic rings. The van der Waals surface area contributed by atoms with Gasteiger partial charge in [-0.1, -0.05) is 18.2 Å². The Morgan fingerprint density at radius 1 is 1.20 bits per heavy atom. The van der Waals surface area contributed by atoms with Crippen molar-refractivity contribution in [3.8, 4) is 5.75 Å². The number of halogens is 1. The highest BCUT2D eigenvalue weighted by Crippen LogP contribution is 2.30. The molecule has 3 rings (SSSR count). The van der Waals surface area contributed by atoms with Crippen LogP contribution in [-0.4, -0.2) is 37.2 Å². The second-order valence-electron chi connectivity index (χ2n) is 5.99. The number of para-hydroxylation sites is 1. The molecule has 2 atom stereocenters. The number of hydrogen-bond acceptors (Lipinski definition) is 3. The lowest BCUT2D eigenvalue weighted by Crippen LogP contribution is -2.46. The van der Waals surface area contributed by atoms with E-state index in [1.54, 1.807) is 7.11 Å². The predicted molar refractivity (Wildman–Crippen MR) is 84.7 cm³/mol. The van der Waals surface area contributed by atoms with Crippen molar-refractivity contribution in [2.75, 3.05) is 14.2 Å². The molecule has 0 amide bonds. The first kappa shape index (κ1) is 15.6. The van der Waals surface area contributed by atoms with Gasteiger partial charge in [0.15, 0.2) is 0 Å². The Morgan fingerprint density at radius 2 is 1.85 bits per heavy atom. The summed E-state index contributed by atoms with van der Waals surface area (Å²) in [5.74, 6) is 1.01. The summed E-state index contributed by atoms with van der Waals surface area (Å²) in [4.78, 5) is 2.50. The molecule has 0 aliphatic carbocycles. The van der Waals surface area contributed by atoms with E-state index in [4.69, 9.17) is 4.74 Å². The maximum Gasteiger partial charge on any atom is 0.123 e. The molecule has 0 radical (unpaired) electrons. The average Bonchev–Trinajstić information content (AvgIpc) is 2.78. The number of nitrogens with zero attached hydrogens (tertiary/aromatic N) is 1. The van der Waals surface area contributed by atoms with Crippen molar-refractivity contribution in [1.82, 2.24) is 10.2 Å². The zero-order chi connectivity index (χ0) is 13.2. The molecule has 2 bridgehead atoms. The molecule has 4 heteroatoms. The average molecular weight is 297 g/mol. The minimum Gasteiger partial charge on any atom is -0.496 e. The van der Waals surface area contributed by atoms with Gasteiger partial charge in [-0.2, -0.15) is 0 Å². The van der Waals surface area contributed by atoms with E-state index in [1.165, 1.54) is 31.2 Å². The van der Waals surface area contributed by atoms with Crippen LogP contribution >= 0.6 is 12.4 Å². The second-order valence-corrected chi connectivity index (χ2v) is 5.99. The van der Waals surface area contributed by atoms with Gasteiger partial charge in [0, 0.05) is 30.2 Å². The smallest absolute Gasteiger partial charge is 0.123 e. The lowest BCUT2D eigenvalue weighted by Gasteiger charge is -2.35. The minimum absolute atomic E-state index is 0. The molecular weight excluding hydrogens is 272 g/mol. The summed E-state index contributed by atoms with van der Waals surface area (Å²) in [5.41, 5.74) is 1.29. The van der Waals surface area contributed by atoms with E-state index >= 15 is 0 Å². The largest absolute Gasteiger partial charge is 0.496 e. The fourth-order valence-corrected chi connectivity index (χ4v) is 3.62. The Morgan fingerprint density at radius 3 is 2.50 bits per heavy atom. The van der Waals surface area contributed by atoms with Crippen LogP contribution in [0.25, 0.3) is 0 Å². The van der Waals surface area contributed by atoms with Crippen LogP contribution < -0.4 is 10.1 Å². The van der Waals surface area contributed by atoms with Gasteiger partial charge in [-0.3, -0.25) is 4.90 Å². The van der Waals surface area contributed by atoms with Gasteiger partial charge < -0.3 is 10.1 Å². The SMILES string of the molecule is COc1ccccc1CN(C)C1CC2CCC(C1)N2.Cl. The van der Waals surface area contributed by atoms with Crippen molar-refractivity contribution < 1.29 is 4.74 Å². The number of fused-ring (bicyclic) bond motifs is 2. The van der Waals surface area contributed by atoms with E-state index in [0.29, 0.717) is 6.04 Å². The molecule has 2 unspecified atom stereocenters. The van der Waals surface area contributed by atoms with Crippen LogP contribution in [0.3, 0.4) is 0 Å². The summed E-state index contributed by atoms with van der Waals surface area (Å²) in [7, 11) is 4.01. The summed E-state index contributed by atoms with van der Waals surface area (Å²) < 4.78 is 5.45. The first-order valence-corrected chi connectivity index (χ1v) is 7.34. The molecule has 112 valence electrons. The van der Waals surface area contributed by atoms with Crippen LogP contribution in [0.5, 0.6) is 5.75 Å². The third-order valence-electron chi connectivity index (χ3n) is 4.68. The van der Waals surface area contributed by atoms with Gasteiger partial charge in [-0.15, -0.1) is 12.4 Å². The fourth-order valence-electron chi connectivity index (χ4n) is 3.62. The second kappa shape index (κ2) is 6.79. The van der Waals surface area contributed by atoms with Crippen LogP contribution in [0.4, 0.5) is 0 Å². The maximum absolute atomic E-state index is 5.45. The van der Waals surface area contributed by atoms with E-state index in [2.05, 4.69) is 35.5 Å². The third kappa shape index (κ3) is 3.27. The zero-order valence-electron chi connectivity index (χ0n) is 12.3. The number of nitrogens with one attached hydrogen (secondary N) is 1. The Balaban J connectivity index is 0.00000147.